The van der Waals surface area contributed by atoms with E-state index in [0.717, 1.165) is 31.9 Å². The van der Waals surface area contributed by atoms with Crippen molar-refractivity contribution in [1.82, 2.24) is 9.80 Å². The van der Waals surface area contributed by atoms with Crippen molar-refractivity contribution >= 4 is 30.5 Å². The van der Waals surface area contributed by atoms with Crippen molar-refractivity contribution in [3.8, 4) is 0 Å². The number of likely N-dealkylation sites (tertiary alicyclic amines) is 1. The minimum atomic E-state index is 0. The molecule has 0 spiro atoms. The van der Waals surface area contributed by atoms with Gasteiger partial charge in [-0.25, -0.2) is 0 Å². The van der Waals surface area contributed by atoms with Gasteiger partial charge in [0.05, 0.1) is 0 Å². The van der Waals surface area contributed by atoms with Gasteiger partial charge >= 0.3 is 0 Å². The SMILES string of the molecule is CC1CN(Cc2ccccc2)CC(C)C1N(C)Cc1cccc(N)c1.Cl.Cl. The van der Waals surface area contributed by atoms with Gasteiger partial charge < -0.3 is 5.73 Å². The molecular weight excluding hydrogens is 377 g/mol. The second-order valence-electron chi connectivity index (χ2n) is 7.78. The van der Waals surface area contributed by atoms with Crippen LogP contribution in [0, 0.1) is 11.8 Å². The molecule has 0 aliphatic carbocycles. The Bertz CT molecular complexity index is 668. The molecule has 1 fully saturated rings. The van der Waals surface area contributed by atoms with Crippen molar-refractivity contribution in [3.63, 3.8) is 0 Å². The zero-order valence-corrected chi connectivity index (χ0v) is 18.2. The first-order valence-corrected chi connectivity index (χ1v) is 9.34. The first-order chi connectivity index (χ1) is 12.0. The lowest BCUT2D eigenvalue weighted by Crippen LogP contribution is -2.53. The normalized spacial score (nSPS) is 22.7. The van der Waals surface area contributed by atoms with Gasteiger partial charge in [-0.15, -0.1) is 24.8 Å². The Labute approximate surface area is 176 Å². The molecule has 0 amide bonds. The third-order valence-corrected chi connectivity index (χ3v) is 5.40. The number of rotatable bonds is 5. The molecule has 2 N–H and O–H groups in total. The van der Waals surface area contributed by atoms with Crippen LogP contribution in [0.15, 0.2) is 54.6 Å². The predicted octanol–water partition coefficient (Wildman–Crippen LogP) is 4.70. The van der Waals surface area contributed by atoms with Crippen LogP contribution in [0.3, 0.4) is 0 Å². The van der Waals surface area contributed by atoms with Crippen LogP contribution in [0.1, 0.15) is 25.0 Å². The Morgan fingerprint density at radius 2 is 1.52 bits per heavy atom. The molecule has 1 aliphatic heterocycles. The lowest BCUT2D eigenvalue weighted by atomic mass is 9.84. The molecule has 0 bridgehead atoms. The summed E-state index contributed by atoms with van der Waals surface area (Å²) in [5, 5.41) is 0. The van der Waals surface area contributed by atoms with Gasteiger partial charge in [0.25, 0.3) is 0 Å². The highest BCUT2D eigenvalue weighted by Crippen LogP contribution is 2.28. The largest absolute Gasteiger partial charge is 0.399 e. The maximum absolute atomic E-state index is 5.93. The topological polar surface area (TPSA) is 32.5 Å². The van der Waals surface area contributed by atoms with Gasteiger partial charge in [-0.2, -0.15) is 0 Å². The molecule has 3 rings (SSSR count). The molecule has 0 radical (unpaired) electrons. The summed E-state index contributed by atoms with van der Waals surface area (Å²) in [4.78, 5) is 5.12. The Hall–Kier alpha value is -1.26. The number of anilines is 1. The molecule has 27 heavy (non-hydrogen) atoms. The van der Waals surface area contributed by atoms with Crippen molar-refractivity contribution in [3.05, 3.63) is 65.7 Å². The Morgan fingerprint density at radius 1 is 0.926 bits per heavy atom. The van der Waals surface area contributed by atoms with Gasteiger partial charge in [-0.05, 0) is 42.1 Å². The number of hydrogen-bond acceptors (Lipinski definition) is 3. The van der Waals surface area contributed by atoms with Crippen LogP contribution in [-0.4, -0.2) is 36.0 Å². The molecule has 2 aromatic carbocycles. The third-order valence-electron chi connectivity index (χ3n) is 5.40. The fraction of sp³-hybridized carbons (Fsp3) is 0.455. The second kappa shape index (κ2) is 10.9. The molecule has 5 heteroatoms. The van der Waals surface area contributed by atoms with Crippen molar-refractivity contribution < 1.29 is 0 Å². The van der Waals surface area contributed by atoms with E-state index in [2.05, 4.69) is 73.2 Å². The highest BCUT2D eigenvalue weighted by Gasteiger charge is 2.34. The molecule has 150 valence electrons. The number of nitrogens with zero attached hydrogens (tertiary/aromatic N) is 2. The summed E-state index contributed by atoms with van der Waals surface area (Å²) >= 11 is 0. The number of piperidine rings is 1. The molecule has 2 atom stereocenters. The monoisotopic (exact) mass is 409 g/mol. The lowest BCUT2D eigenvalue weighted by molar-refractivity contribution is 0.0291. The summed E-state index contributed by atoms with van der Waals surface area (Å²) in [7, 11) is 2.26. The van der Waals surface area contributed by atoms with E-state index >= 15 is 0 Å². The Balaban J connectivity index is 0.00000182. The minimum Gasteiger partial charge on any atom is -0.399 e. The van der Waals surface area contributed by atoms with E-state index < -0.39 is 0 Å². The zero-order chi connectivity index (χ0) is 17.8. The first-order valence-electron chi connectivity index (χ1n) is 9.34. The van der Waals surface area contributed by atoms with E-state index in [9.17, 15) is 0 Å². The van der Waals surface area contributed by atoms with Crippen molar-refractivity contribution in [2.24, 2.45) is 11.8 Å². The van der Waals surface area contributed by atoms with E-state index in [1.807, 2.05) is 12.1 Å². The molecule has 1 heterocycles. The summed E-state index contributed by atoms with van der Waals surface area (Å²) in [5.41, 5.74) is 9.50. The number of halogens is 2. The average Bonchev–Trinajstić information content (AvgIpc) is 2.55. The fourth-order valence-corrected chi connectivity index (χ4v) is 4.59. The smallest absolute Gasteiger partial charge is 0.0317 e. The highest BCUT2D eigenvalue weighted by atomic mass is 35.5. The van der Waals surface area contributed by atoms with Crippen LogP contribution >= 0.6 is 24.8 Å². The van der Waals surface area contributed by atoms with Gasteiger partial charge in [0.2, 0.25) is 0 Å². The summed E-state index contributed by atoms with van der Waals surface area (Å²) in [5.74, 6) is 1.30. The van der Waals surface area contributed by atoms with E-state index in [1.54, 1.807) is 0 Å². The summed E-state index contributed by atoms with van der Waals surface area (Å²) in [6, 6.07) is 19.7. The molecule has 1 saturated heterocycles. The van der Waals surface area contributed by atoms with Crippen LogP contribution in [-0.2, 0) is 13.1 Å². The van der Waals surface area contributed by atoms with Gasteiger partial charge in [-0.3, -0.25) is 9.80 Å². The van der Waals surface area contributed by atoms with Crippen LogP contribution in [0.4, 0.5) is 5.69 Å². The van der Waals surface area contributed by atoms with Crippen LogP contribution < -0.4 is 5.73 Å². The van der Waals surface area contributed by atoms with E-state index in [4.69, 9.17) is 5.73 Å². The minimum absolute atomic E-state index is 0. The number of nitrogens with two attached hydrogens (primary N) is 1. The van der Waals surface area contributed by atoms with Crippen molar-refractivity contribution in [2.75, 3.05) is 25.9 Å². The molecule has 0 aromatic heterocycles. The summed E-state index contributed by atoms with van der Waals surface area (Å²) in [6.45, 7) is 9.13. The van der Waals surface area contributed by atoms with Crippen LogP contribution in [0.5, 0.6) is 0 Å². The maximum Gasteiger partial charge on any atom is 0.0317 e. The van der Waals surface area contributed by atoms with E-state index in [0.29, 0.717) is 17.9 Å². The summed E-state index contributed by atoms with van der Waals surface area (Å²) < 4.78 is 0. The molecular formula is C22H33Cl2N3. The van der Waals surface area contributed by atoms with Crippen LogP contribution in [0.25, 0.3) is 0 Å². The standard InChI is InChI=1S/C22H31N3.2ClH/c1-17-13-25(16-19-8-5-4-6-9-19)14-18(2)22(17)24(3)15-20-10-7-11-21(23)12-20;;/h4-12,17-18,22H,13-16,23H2,1-3H3;2*1H. The highest BCUT2D eigenvalue weighted by molar-refractivity contribution is 5.85. The quantitative estimate of drug-likeness (QED) is 0.726. The number of nitrogen functional groups attached to an aromatic ring is 1. The van der Waals surface area contributed by atoms with Gasteiger partial charge in [0, 0.05) is 37.9 Å². The van der Waals surface area contributed by atoms with Gasteiger partial charge in [-0.1, -0.05) is 56.3 Å². The van der Waals surface area contributed by atoms with E-state index in [-0.39, 0.29) is 24.8 Å². The van der Waals surface area contributed by atoms with E-state index in [1.165, 1.54) is 11.1 Å². The fourth-order valence-electron chi connectivity index (χ4n) is 4.59. The maximum atomic E-state index is 5.93. The second-order valence-corrected chi connectivity index (χ2v) is 7.78. The average molecular weight is 410 g/mol. The number of benzene rings is 2. The van der Waals surface area contributed by atoms with Crippen LogP contribution in [0.2, 0.25) is 0 Å². The molecule has 3 nitrogen and oxygen atoms in total. The number of hydrogen-bond donors (Lipinski definition) is 1. The van der Waals surface area contributed by atoms with Gasteiger partial charge in [0.1, 0.15) is 0 Å². The van der Waals surface area contributed by atoms with Crippen molar-refractivity contribution in [2.45, 2.75) is 33.0 Å². The third kappa shape index (κ3) is 6.39. The van der Waals surface area contributed by atoms with Gasteiger partial charge in [0.15, 0.2) is 0 Å². The molecule has 2 unspecified atom stereocenters. The summed E-state index contributed by atoms with van der Waals surface area (Å²) in [6.07, 6.45) is 0. The first kappa shape index (κ1) is 23.8. The lowest BCUT2D eigenvalue weighted by Gasteiger charge is -2.45. The molecule has 0 saturated carbocycles. The molecule has 1 aliphatic rings. The Kier molecular flexibility index (Phi) is 9.61. The zero-order valence-electron chi connectivity index (χ0n) is 16.5. The Morgan fingerprint density at radius 3 is 2.11 bits per heavy atom. The predicted molar refractivity (Wildman–Crippen MR) is 121 cm³/mol. The van der Waals surface area contributed by atoms with Crippen molar-refractivity contribution in [1.29, 1.82) is 0 Å². The molecule has 2 aromatic rings.